The first kappa shape index (κ1) is 12.0. The summed E-state index contributed by atoms with van der Waals surface area (Å²) >= 11 is 0. The number of carboxylic acid groups (broad SMARTS) is 1. The van der Waals surface area contributed by atoms with Crippen LogP contribution in [0.4, 0.5) is 5.69 Å². The Morgan fingerprint density at radius 2 is 2.22 bits per heavy atom. The molecule has 0 aliphatic heterocycles. The van der Waals surface area contributed by atoms with Crippen LogP contribution in [0.15, 0.2) is 11.0 Å². The zero-order chi connectivity index (χ0) is 13.4. The van der Waals surface area contributed by atoms with E-state index < -0.39 is 17.1 Å². The van der Waals surface area contributed by atoms with E-state index in [1.54, 1.807) is 13.8 Å². The minimum Gasteiger partial charge on any atom is -0.477 e. The van der Waals surface area contributed by atoms with Crippen molar-refractivity contribution in [3.63, 3.8) is 0 Å². The van der Waals surface area contributed by atoms with Gasteiger partial charge in [-0.2, -0.15) is 0 Å². The molecule has 0 aliphatic rings. The standard InChI is InChI=1S/C11H12N4O3/c1-3-15-9-6(4-13-5(2)14-9)8(12)7(10(15)16)11(17)18/h4H,3,12H2,1-2H3,(H,17,18). The quantitative estimate of drug-likeness (QED) is 0.795. The summed E-state index contributed by atoms with van der Waals surface area (Å²) in [6.45, 7) is 3.73. The molecule has 2 aromatic rings. The summed E-state index contributed by atoms with van der Waals surface area (Å²) in [7, 11) is 0. The smallest absolute Gasteiger partial charge is 0.343 e. The number of nitrogen functional groups attached to an aromatic ring is 1. The molecule has 2 aromatic heterocycles. The largest absolute Gasteiger partial charge is 0.477 e. The maximum Gasteiger partial charge on any atom is 0.343 e. The van der Waals surface area contributed by atoms with E-state index in [4.69, 9.17) is 10.8 Å². The molecule has 7 heteroatoms. The summed E-state index contributed by atoms with van der Waals surface area (Å²) in [6.07, 6.45) is 1.44. The van der Waals surface area contributed by atoms with Gasteiger partial charge in [0, 0.05) is 12.7 Å². The van der Waals surface area contributed by atoms with E-state index in [1.165, 1.54) is 10.8 Å². The Kier molecular flexibility index (Phi) is 2.74. The van der Waals surface area contributed by atoms with Gasteiger partial charge in [0.25, 0.3) is 5.56 Å². The third-order valence-corrected chi connectivity index (χ3v) is 2.69. The van der Waals surface area contributed by atoms with Gasteiger partial charge in [-0.25, -0.2) is 14.8 Å². The molecule has 0 spiro atoms. The highest BCUT2D eigenvalue weighted by atomic mass is 16.4. The van der Waals surface area contributed by atoms with Gasteiger partial charge < -0.3 is 10.8 Å². The van der Waals surface area contributed by atoms with Crippen LogP contribution >= 0.6 is 0 Å². The van der Waals surface area contributed by atoms with Crippen LogP contribution in [0.25, 0.3) is 11.0 Å². The lowest BCUT2D eigenvalue weighted by Crippen LogP contribution is -2.28. The number of anilines is 1. The molecule has 0 bridgehead atoms. The Hall–Kier alpha value is -2.44. The minimum absolute atomic E-state index is 0.0906. The SMILES string of the molecule is CCn1c(=O)c(C(=O)O)c(N)c2cnc(C)nc21. The number of aromatic nitrogens is 3. The minimum atomic E-state index is -1.35. The number of hydrogen-bond acceptors (Lipinski definition) is 5. The van der Waals surface area contributed by atoms with Crippen molar-refractivity contribution in [2.45, 2.75) is 20.4 Å². The van der Waals surface area contributed by atoms with E-state index in [1.807, 2.05) is 0 Å². The fourth-order valence-electron chi connectivity index (χ4n) is 1.83. The van der Waals surface area contributed by atoms with Gasteiger partial charge in [-0.05, 0) is 13.8 Å². The Balaban J connectivity index is 3.05. The Morgan fingerprint density at radius 1 is 1.56 bits per heavy atom. The average Bonchev–Trinajstić information content (AvgIpc) is 2.28. The number of fused-ring (bicyclic) bond motifs is 1. The lowest BCUT2D eigenvalue weighted by molar-refractivity contribution is 0.0695. The molecule has 94 valence electrons. The Bertz CT molecular complexity index is 705. The lowest BCUT2D eigenvalue weighted by Gasteiger charge is -2.11. The predicted octanol–water partition coefficient (Wildman–Crippen LogP) is 0.400. The van der Waals surface area contributed by atoms with Crippen LogP contribution in [0.2, 0.25) is 0 Å². The van der Waals surface area contributed by atoms with Gasteiger partial charge in [-0.3, -0.25) is 9.36 Å². The second kappa shape index (κ2) is 4.10. The third-order valence-electron chi connectivity index (χ3n) is 2.69. The van der Waals surface area contributed by atoms with Gasteiger partial charge in [-0.1, -0.05) is 0 Å². The van der Waals surface area contributed by atoms with Crippen molar-refractivity contribution >= 4 is 22.7 Å². The highest BCUT2D eigenvalue weighted by molar-refractivity contribution is 6.02. The summed E-state index contributed by atoms with van der Waals surface area (Å²) < 4.78 is 1.28. The van der Waals surface area contributed by atoms with Crippen LogP contribution in [0.3, 0.4) is 0 Å². The molecule has 0 saturated carbocycles. The van der Waals surface area contributed by atoms with E-state index >= 15 is 0 Å². The van der Waals surface area contributed by atoms with Crippen molar-refractivity contribution in [3.05, 3.63) is 27.9 Å². The molecular formula is C11H12N4O3. The summed E-state index contributed by atoms with van der Waals surface area (Å²) in [5, 5.41) is 9.42. The van der Waals surface area contributed by atoms with E-state index in [9.17, 15) is 9.59 Å². The highest BCUT2D eigenvalue weighted by Crippen LogP contribution is 2.20. The van der Waals surface area contributed by atoms with Crippen molar-refractivity contribution in [1.82, 2.24) is 14.5 Å². The number of aromatic carboxylic acids is 1. The maximum atomic E-state index is 12.0. The van der Waals surface area contributed by atoms with Crippen molar-refractivity contribution in [1.29, 1.82) is 0 Å². The fraction of sp³-hybridized carbons (Fsp3) is 0.273. The number of aryl methyl sites for hydroxylation is 2. The summed E-state index contributed by atoms with van der Waals surface area (Å²) in [5.74, 6) is -0.853. The van der Waals surface area contributed by atoms with Gasteiger partial charge >= 0.3 is 5.97 Å². The molecule has 7 nitrogen and oxygen atoms in total. The molecule has 0 fully saturated rings. The molecule has 0 amide bonds. The molecule has 0 unspecified atom stereocenters. The second-order valence-corrected chi connectivity index (χ2v) is 3.80. The predicted molar refractivity (Wildman–Crippen MR) is 65.6 cm³/mol. The normalized spacial score (nSPS) is 10.8. The van der Waals surface area contributed by atoms with Crippen LogP contribution in [0.1, 0.15) is 23.1 Å². The molecule has 0 saturated heterocycles. The van der Waals surface area contributed by atoms with Crippen molar-refractivity contribution in [2.24, 2.45) is 0 Å². The average molecular weight is 248 g/mol. The first-order valence-corrected chi connectivity index (χ1v) is 5.36. The molecule has 2 rings (SSSR count). The third kappa shape index (κ3) is 1.60. The van der Waals surface area contributed by atoms with E-state index in [0.29, 0.717) is 23.4 Å². The summed E-state index contributed by atoms with van der Waals surface area (Å²) in [4.78, 5) is 31.2. The maximum absolute atomic E-state index is 12.0. The molecular weight excluding hydrogens is 236 g/mol. The topological polar surface area (TPSA) is 111 Å². The molecule has 0 radical (unpaired) electrons. The van der Waals surface area contributed by atoms with Crippen LogP contribution in [0, 0.1) is 6.92 Å². The van der Waals surface area contributed by atoms with Gasteiger partial charge in [0.2, 0.25) is 0 Å². The first-order valence-electron chi connectivity index (χ1n) is 5.36. The van der Waals surface area contributed by atoms with E-state index in [0.717, 1.165) is 0 Å². The fourth-order valence-corrected chi connectivity index (χ4v) is 1.83. The number of nitrogens with zero attached hydrogens (tertiary/aromatic N) is 3. The first-order chi connectivity index (χ1) is 8.47. The van der Waals surface area contributed by atoms with Gasteiger partial charge in [0.1, 0.15) is 17.0 Å². The number of rotatable bonds is 2. The zero-order valence-electron chi connectivity index (χ0n) is 9.97. The van der Waals surface area contributed by atoms with Gasteiger partial charge in [0.05, 0.1) is 11.1 Å². The van der Waals surface area contributed by atoms with E-state index in [2.05, 4.69) is 9.97 Å². The second-order valence-electron chi connectivity index (χ2n) is 3.80. The van der Waals surface area contributed by atoms with Gasteiger partial charge in [0.15, 0.2) is 0 Å². The van der Waals surface area contributed by atoms with Crippen LogP contribution in [-0.4, -0.2) is 25.6 Å². The number of pyridine rings is 1. The van der Waals surface area contributed by atoms with Crippen LogP contribution in [0.5, 0.6) is 0 Å². The van der Waals surface area contributed by atoms with Crippen LogP contribution in [-0.2, 0) is 6.54 Å². The summed E-state index contributed by atoms with van der Waals surface area (Å²) in [6, 6.07) is 0. The Labute approximate surface area is 102 Å². The highest BCUT2D eigenvalue weighted by Gasteiger charge is 2.20. The monoisotopic (exact) mass is 248 g/mol. The molecule has 0 aliphatic carbocycles. The van der Waals surface area contributed by atoms with Gasteiger partial charge in [-0.15, -0.1) is 0 Å². The summed E-state index contributed by atoms with van der Waals surface area (Å²) in [5.41, 5.74) is 4.91. The number of hydrogen-bond donors (Lipinski definition) is 2. The molecule has 0 aromatic carbocycles. The number of carbonyl (C=O) groups is 1. The molecule has 0 atom stereocenters. The number of nitrogens with two attached hydrogens (primary N) is 1. The molecule has 3 N–H and O–H groups in total. The van der Waals surface area contributed by atoms with Crippen molar-refractivity contribution in [2.75, 3.05) is 5.73 Å². The molecule has 18 heavy (non-hydrogen) atoms. The Morgan fingerprint density at radius 3 is 2.78 bits per heavy atom. The van der Waals surface area contributed by atoms with Crippen molar-refractivity contribution < 1.29 is 9.90 Å². The lowest BCUT2D eigenvalue weighted by atomic mass is 10.1. The van der Waals surface area contributed by atoms with Crippen LogP contribution < -0.4 is 11.3 Å². The zero-order valence-corrected chi connectivity index (χ0v) is 9.97. The molecule has 2 heterocycles. The van der Waals surface area contributed by atoms with Crippen molar-refractivity contribution in [3.8, 4) is 0 Å². The number of carboxylic acids is 1. The van der Waals surface area contributed by atoms with E-state index in [-0.39, 0.29) is 5.69 Å².